The van der Waals surface area contributed by atoms with Crippen molar-refractivity contribution in [1.29, 1.82) is 0 Å². The fourth-order valence-electron chi connectivity index (χ4n) is 7.26. The normalized spacial score (nSPS) is 11.6. The Hall–Kier alpha value is -5.50. The number of hydrogen-bond donors (Lipinski definition) is 0. The zero-order valence-corrected chi connectivity index (χ0v) is 27.2. The van der Waals surface area contributed by atoms with Gasteiger partial charge in [0.15, 0.2) is 0 Å². The average Bonchev–Trinajstić information content (AvgIpc) is 3.50. The Morgan fingerprint density at radius 1 is 0.340 bits per heavy atom. The van der Waals surface area contributed by atoms with E-state index in [1.165, 1.54) is 97.4 Å². The molecular weight excluding hydrogens is 585 g/mol. The lowest BCUT2D eigenvalue weighted by molar-refractivity contribution is 1.47. The van der Waals surface area contributed by atoms with Crippen molar-refractivity contribution in [3.05, 3.63) is 169 Å². The first kappa shape index (κ1) is 27.8. The summed E-state index contributed by atoms with van der Waals surface area (Å²) in [6.07, 6.45) is 0. The lowest BCUT2D eigenvalue weighted by Gasteiger charge is -2.19. The quantitative estimate of drug-likeness (QED) is 0.173. The second-order valence-electron chi connectivity index (χ2n) is 12.6. The van der Waals surface area contributed by atoms with Crippen molar-refractivity contribution < 1.29 is 0 Å². The molecule has 47 heavy (non-hydrogen) atoms. The standard InChI is InChI=1S/C46H32S/c1-29-17-21-31(22-18-29)44-38-12-3-4-13-39(38)45(32-23-19-30(2)20-24-32)42-28-34(25-26-40(42)44)33-9-7-10-35(27-33)36-14-8-15-41-37-11-5-6-16-43(37)47-46(36)41/h3-28H,1-2H3. The maximum absolute atomic E-state index is 2.42. The van der Waals surface area contributed by atoms with Crippen LogP contribution in [-0.2, 0) is 0 Å². The van der Waals surface area contributed by atoms with Crippen molar-refractivity contribution in [1.82, 2.24) is 0 Å². The van der Waals surface area contributed by atoms with Gasteiger partial charge in [0.25, 0.3) is 0 Å². The molecule has 1 heterocycles. The maximum atomic E-state index is 2.42. The molecule has 9 rings (SSSR count). The van der Waals surface area contributed by atoms with Gasteiger partial charge in [0.2, 0.25) is 0 Å². The Kier molecular flexibility index (Phi) is 6.55. The average molecular weight is 617 g/mol. The molecule has 8 aromatic carbocycles. The smallest absolute Gasteiger partial charge is 0.0433 e. The van der Waals surface area contributed by atoms with Crippen molar-refractivity contribution in [3.63, 3.8) is 0 Å². The molecule has 0 amide bonds. The van der Waals surface area contributed by atoms with Crippen LogP contribution in [0.4, 0.5) is 0 Å². The molecule has 0 saturated heterocycles. The molecule has 0 spiro atoms. The summed E-state index contributed by atoms with van der Waals surface area (Å²) in [7, 11) is 0. The summed E-state index contributed by atoms with van der Waals surface area (Å²) in [6, 6.07) is 58.6. The van der Waals surface area contributed by atoms with E-state index < -0.39 is 0 Å². The Labute approximate surface area is 279 Å². The van der Waals surface area contributed by atoms with Gasteiger partial charge >= 0.3 is 0 Å². The van der Waals surface area contributed by atoms with Crippen LogP contribution in [0.1, 0.15) is 11.1 Å². The molecule has 0 aliphatic carbocycles. The van der Waals surface area contributed by atoms with Gasteiger partial charge in [0.1, 0.15) is 0 Å². The minimum absolute atomic E-state index is 1.22. The van der Waals surface area contributed by atoms with Crippen LogP contribution in [-0.4, -0.2) is 0 Å². The predicted octanol–water partition coefficient (Wildman–Crippen LogP) is 13.6. The third-order valence-corrected chi connectivity index (χ3v) is 10.8. The highest BCUT2D eigenvalue weighted by atomic mass is 32.1. The van der Waals surface area contributed by atoms with Crippen LogP contribution >= 0.6 is 11.3 Å². The van der Waals surface area contributed by atoms with E-state index in [2.05, 4.69) is 172 Å². The zero-order chi connectivity index (χ0) is 31.5. The molecule has 0 aliphatic heterocycles. The van der Waals surface area contributed by atoms with Crippen molar-refractivity contribution in [2.24, 2.45) is 0 Å². The van der Waals surface area contributed by atoms with Crippen molar-refractivity contribution >= 4 is 53.1 Å². The first-order valence-corrected chi connectivity index (χ1v) is 17.1. The molecule has 0 unspecified atom stereocenters. The van der Waals surface area contributed by atoms with Crippen molar-refractivity contribution in [2.45, 2.75) is 13.8 Å². The Morgan fingerprint density at radius 2 is 0.851 bits per heavy atom. The molecule has 0 aliphatic rings. The van der Waals surface area contributed by atoms with Gasteiger partial charge in [-0.2, -0.15) is 0 Å². The Morgan fingerprint density at radius 3 is 1.55 bits per heavy atom. The van der Waals surface area contributed by atoms with E-state index in [1.54, 1.807) is 0 Å². The van der Waals surface area contributed by atoms with Crippen molar-refractivity contribution in [2.75, 3.05) is 0 Å². The molecule has 0 radical (unpaired) electrons. The summed E-state index contributed by atoms with van der Waals surface area (Å²) in [4.78, 5) is 0. The highest BCUT2D eigenvalue weighted by molar-refractivity contribution is 7.26. The predicted molar refractivity (Wildman–Crippen MR) is 206 cm³/mol. The van der Waals surface area contributed by atoms with Crippen LogP contribution in [0.2, 0.25) is 0 Å². The van der Waals surface area contributed by atoms with E-state index in [0.29, 0.717) is 0 Å². The third-order valence-electron chi connectivity index (χ3n) is 9.62. The van der Waals surface area contributed by atoms with Gasteiger partial charge in [-0.25, -0.2) is 0 Å². The number of rotatable bonds is 4. The minimum atomic E-state index is 1.22. The number of fused-ring (bicyclic) bond motifs is 5. The van der Waals surface area contributed by atoms with Gasteiger partial charge in [-0.15, -0.1) is 11.3 Å². The molecule has 0 saturated carbocycles. The lowest BCUT2D eigenvalue weighted by Crippen LogP contribution is -1.92. The van der Waals surface area contributed by atoms with Gasteiger partial charge in [0.05, 0.1) is 0 Å². The van der Waals surface area contributed by atoms with Crippen LogP contribution in [0, 0.1) is 13.8 Å². The number of aryl methyl sites for hydroxylation is 2. The summed E-state index contributed by atoms with van der Waals surface area (Å²) in [6.45, 7) is 4.31. The van der Waals surface area contributed by atoms with Crippen LogP contribution < -0.4 is 0 Å². The first-order chi connectivity index (χ1) is 23.1. The van der Waals surface area contributed by atoms with E-state index >= 15 is 0 Å². The zero-order valence-electron chi connectivity index (χ0n) is 26.4. The van der Waals surface area contributed by atoms with Gasteiger partial charge < -0.3 is 0 Å². The molecule has 9 aromatic rings. The summed E-state index contributed by atoms with van der Waals surface area (Å²) in [5, 5.41) is 7.78. The molecule has 0 fully saturated rings. The molecule has 222 valence electrons. The van der Waals surface area contributed by atoms with E-state index in [9.17, 15) is 0 Å². The summed E-state index contributed by atoms with van der Waals surface area (Å²) >= 11 is 1.89. The highest BCUT2D eigenvalue weighted by Crippen LogP contribution is 2.45. The number of thiophene rings is 1. The topological polar surface area (TPSA) is 0 Å². The van der Waals surface area contributed by atoms with E-state index in [1.807, 2.05) is 11.3 Å². The molecule has 0 nitrogen and oxygen atoms in total. The molecular formula is C46H32S. The fourth-order valence-corrected chi connectivity index (χ4v) is 8.50. The largest absolute Gasteiger partial charge is 0.135 e. The van der Waals surface area contributed by atoms with Gasteiger partial charge in [-0.05, 0) is 98.1 Å². The monoisotopic (exact) mass is 616 g/mol. The third kappa shape index (κ3) is 4.66. The Bertz CT molecular complexity index is 2620. The van der Waals surface area contributed by atoms with Gasteiger partial charge in [-0.1, -0.05) is 151 Å². The minimum Gasteiger partial charge on any atom is -0.135 e. The van der Waals surface area contributed by atoms with Crippen LogP contribution in [0.15, 0.2) is 158 Å². The first-order valence-electron chi connectivity index (χ1n) is 16.3. The second-order valence-corrected chi connectivity index (χ2v) is 13.7. The maximum Gasteiger partial charge on any atom is 0.0433 e. The SMILES string of the molecule is Cc1ccc(-c2c3ccccc3c(-c3ccc(C)cc3)c3cc(-c4cccc(-c5cccc6c5sc5ccccc56)c4)ccc23)cc1. The molecule has 1 aromatic heterocycles. The molecule has 1 heteroatoms. The number of benzene rings is 8. The van der Waals surface area contributed by atoms with E-state index in [4.69, 9.17) is 0 Å². The molecule has 0 bridgehead atoms. The van der Waals surface area contributed by atoms with Gasteiger partial charge in [0, 0.05) is 20.2 Å². The van der Waals surface area contributed by atoms with Crippen molar-refractivity contribution in [3.8, 4) is 44.5 Å². The summed E-state index contributed by atoms with van der Waals surface area (Å²) in [5.74, 6) is 0. The lowest BCUT2D eigenvalue weighted by atomic mass is 9.84. The van der Waals surface area contributed by atoms with Crippen LogP contribution in [0.5, 0.6) is 0 Å². The highest BCUT2D eigenvalue weighted by Gasteiger charge is 2.18. The fraction of sp³-hybridized carbons (Fsp3) is 0.0435. The van der Waals surface area contributed by atoms with E-state index in [0.717, 1.165) is 0 Å². The molecule has 0 atom stereocenters. The summed E-state index contributed by atoms with van der Waals surface area (Å²) in [5.41, 5.74) is 12.6. The van der Waals surface area contributed by atoms with Crippen LogP contribution in [0.25, 0.3) is 86.2 Å². The second kappa shape index (κ2) is 11.1. The summed E-state index contributed by atoms with van der Waals surface area (Å²) < 4.78 is 2.68. The Balaban J connectivity index is 1.29. The van der Waals surface area contributed by atoms with E-state index in [-0.39, 0.29) is 0 Å². The van der Waals surface area contributed by atoms with Gasteiger partial charge in [-0.3, -0.25) is 0 Å². The molecule has 0 N–H and O–H groups in total. The van der Waals surface area contributed by atoms with Crippen LogP contribution in [0.3, 0.4) is 0 Å². The number of hydrogen-bond acceptors (Lipinski definition) is 1.